The lowest BCUT2D eigenvalue weighted by Gasteiger charge is -2.25. The number of halogens is 4. The first-order chi connectivity index (χ1) is 16.6. The van der Waals surface area contributed by atoms with Crippen LogP contribution in [0.4, 0.5) is 20.3 Å². The summed E-state index contributed by atoms with van der Waals surface area (Å²) in [6, 6.07) is 5.47. The molecular formula is C24H23BrClF2N5O2. The van der Waals surface area contributed by atoms with Crippen molar-refractivity contribution >= 4 is 44.9 Å². The quantitative estimate of drug-likeness (QED) is 0.380. The summed E-state index contributed by atoms with van der Waals surface area (Å²) in [5.41, 5.74) is 6.41. The fraction of sp³-hybridized carbons (Fsp3) is 0.375. The molecule has 3 aromatic rings. The van der Waals surface area contributed by atoms with Crippen LogP contribution in [-0.4, -0.2) is 25.8 Å². The Hall–Kier alpha value is -2.56. The lowest BCUT2D eigenvalue weighted by atomic mass is 9.87. The van der Waals surface area contributed by atoms with Gasteiger partial charge in [-0.3, -0.25) is 9.48 Å². The van der Waals surface area contributed by atoms with E-state index < -0.39 is 23.1 Å². The van der Waals surface area contributed by atoms with Crippen LogP contribution in [0.3, 0.4) is 0 Å². The summed E-state index contributed by atoms with van der Waals surface area (Å²) in [5, 5.41) is 18.5. The zero-order valence-electron chi connectivity index (χ0n) is 18.7. The molecule has 2 heterocycles. The van der Waals surface area contributed by atoms with Crippen LogP contribution < -0.4 is 11.1 Å². The highest BCUT2D eigenvalue weighted by Crippen LogP contribution is 2.57. The predicted molar refractivity (Wildman–Crippen MR) is 131 cm³/mol. The molecule has 7 nitrogen and oxygen atoms in total. The van der Waals surface area contributed by atoms with Crippen molar-refractivity contribution in [2.45, 2.75) is 37.2 Å². The van der Waals surface area contributed by atoms with Crippen molar-refractivity contribution in [3.8, 4) is 0 Å². The number of carbonyl (C=O) groups excluding carboxylic acids is 1. The molecule has 184 valence electrons. The van der Waals surface area contributed by atoms with E-state index in [1.807, 2.05) is 0 Å². The van der Waals surface area contributed by atoms with Gasteiger partial charge in [-0.2, -0.15) is 5.10 Å². The molecule has 0 aliphatic heterocycles. The number of aliphatic hydroxyl groups is 1. The number of rotatable bonds is 4. The molecule has 2 aromatic heterocycles. The van der Waals surface area contributed by atoms with E-state index >= 15 is 0 Å². The van der Waals surface area contributed by atoms with Gasteiger partial charge in [0.25, 0.3) is 5.91 Å². The highest BCUT2D eigenvalue weighted by atomic mass is 79.9. The van der Waals surface area contributed by atoms with Gasteiger partial charge >= 0.3 is 0 Å². The van der Waals surface area contributed by atoms with Crippen LogP contribution >= 0.6 is 27.5 Å². The Labute approximate surface area is 213 Å². The van der Waals surface area contributed by atoms with Gasteiger partial charge in [-0.25, -0.2) is 13.8 Å². The lowest BCUT2D eigenvalue weighted by Crippen LogP contribution is -2.25. The van der Waals surface area contributed by atoms with E-state index in [1.54, 1.807) is 7.05 Å². The molecule has 11 heteroatoms. The molecule has 0 bridgehead atoms. The first-order valence-corrected chi connectivity index (χ1v) is 12.4. The number of nitrogens with zero attached hydrogens (tertiary/aromatic N) is 3. The van der Waals surface area contributed by atoms with Crippen molar-refractivity contribution < 1.29 is 18.7 Å². The van der Waals surface area contributed by atoms with Crippen molar-refractivity contribution in [2.75, 3.05) is 11.1 Å². The number of nitrogen functional groups attached to an aromatic ring is 1. The predicted octanol–water partition coefficient (Wildman–Crippen LogP) is 5.14. The lowest BCUT2D eigenvalue weighted by molar-refractivity contribution is 0.0307. The Morgan fingerprint density at radius 2 is 1.94 bits per heavy atom. The fourth-order valence-corrected chi connectivity index (χ4v) is 6.23. The summed E-state index contributed by atoms with van der Waals surface area (Å²) in [7, 11) is 1.67. The van der Waals surface area contributed by atoms with Crippen molar-refractivity contribution in [3.05, 3.63) is 68.5 Å². The SMILES string of the molecule is Cn1nc(C2CC3CC(O)(c4cc(Br)ncc4F)CC3C2)c(C(=O)Nc2ccc(F)c(Cl)c2)c1N. The molecule has 0 radical (unpaired) electrons. The van der Waals surface area contributed by atoms with Gasteiger partial charge in [-0.1, -0.05) is 11.6 Å². The number of fused-ring (bicyclic) bond motifs is 1. The van der Waals surface area contributed by atoms with Crippen LogP contribution in [0.5, 0.6) is 0 Å². The highest BCUT2D eigenvalue weighted by molar-refractivity contribution is 9.10. The number of hydrogen-bond acceptors (Lipinski definition) is 5. The molecule has 0 spiro atoms. The molecule has 1 amide bonds. The Kier molecular flexibility index (Phi) is 6.09. The second-order valence-electron chi connectivity index (χ2n) is 9.47. The third-order valence-electron chi connectivity index (χ3n) is 7.27. The van der Waals surface area contributed by atoms with Crippen LogP contribution in [0, 0.1) is 23.5 Å². The van der Waals surface area contributed by atoms with Crippen LogP contribution in [0.25, 0.3) is 0 Å². The van der Waals surface area contributed by atoms with Gasteiger partial charge in [0.15, 0.2) is 0 Å². The molecule has 2 aliphatic carbocycles. The standard InChI is InChI=1S/C24H23BrClF2N5O2/c1-33-22(29)20(23(34)31-14-2-3-17(27)16(26)6-14)21(32-33)11-4-12-8-24(35,9-13(12)5-11)15-7-19(25)30-10-18(15)28/h2-3,6-7,10-13,35H,4-5,8-9,29H2,1H3,(H,31,34). The Bertz CT molecular complexity index is 1320. The van der Waals surface area contributed by atoms with Gasteiger partial charge in [0.05, 0.1) is 22.5 Å². The van der Waals surface area contributed by atoms with Gasteiger partial charge in [0.2, 0.25) is 0 Å². The molecule has 2 atom stereocenters. The van der Waals surface area contributed by atoms with Gasteiger partial charge in [0, 0.05) is 24.2 Å². The molecule has 0 saturated heterocycles. The summed E-state index contributed by atoms with van der Waals surface area (Å²) < 4.78 is 29.9. The number of benzene rings is 1. The smallest absolute Gasteiger partial charge is 0.261 e. The molecule has 5 rings (SSSR count). The number of hydrogen-bond donors (Lipinski definition) is 3. The summed E-state index contributed by atoms with van der Waals surface area (Å²) in [6.45, 7) is 0. The average molecular weight is 567 g/mol. The number of aromatic nitrogens is 3. The molecular weight excluding hydrogens is 544 g/mol. The van der Waals surface area contributed by atoms with E-state index in [1.165, 1.54) is 28.9 Å². The number of amides is 1. The normalized spacial score (nSPS) is 25.6. The number of aryl methyl sites for hydroxylation is 1. The maximum Gasteiger partial charge on any atom is 0.261 e. The minimum Gasteiger partial charge on any atom is -0.385 e. The summed E-state index contributed by atoms with van der Waals surface area (Å²) in [6.07, 6.45) is 3.34. The van der Waals surface area contributed by atoms with Crippen molar-refractivity contribution in [1.29, 1.82) is 0 Å². The zero-order chi connectivity index (χ0) is 25.1. The summed E-state index contributed by atoms with van der Waals surface area (Å²) >= 11 is 9.09. The van der Waals surface area contributed by atoms with E-state index in [-0.39, 0.29) is 39.7 Å². The Morgan fingerprint density at radius 3 is 2.60 bits per heavy atom. The van der Waals surface area contributed by atoms with Crippen LogP contribution in [0.2, 0.25) is 5.02 Å². The molecule has 2 aliphatic rings. The Morgan fingerprint density at radius 1 is 1.26 bits per heavy atom. The molecule has 1 aromatic carbocycles. The third-order valence-corrected chi connectivity index (χ3v) is 8.00. The largest absolute Gasteiger partial charge is 0.385 e. The van der Waals surface area contributed by atoms with Crippen molar-refractivity contribution in [3.63, 3.8) is 0 Å². The minimum absolute atomic E-state index is 0.0374. The van der Waals surface area contributed by atoms with Crippen LogP contribution in [0.15, 0.2) is 35.1 Å². The van der Waals surface area contributed by atoms with E-state index in [0.29, 0.717) is 41.7 Å². The second kappa shape index (κ2) is 8.83. The van der Waals surface area contributed by atoms with E-state index in [4.69, 9.17) is 17.3 Å². The maximum absolute atomic E-state index is 14.5. The number of pyridine rings is 1. The molecule has 35 heavy (non-hydrogen) atoms. The average Bonchev–Trinajstić information content (AvgIpc) is 3.42. The monoisotopic (exact) mass is 565 g/mol. The summed E-state index contributed by atoms with van der Waals surface area (Å²) in [4.78, 5) is 17.0. The van der Waals surface area contributed by atoms with Crippen LogP contribution in [0.1, 0.15) is 53.2 Å². The van der Waals surface area contributed by atoms with Gasteiger partial charge in [0.1, 0.15) is 27.6 Å². The summed E-state index contributed by atoms with van der Waals surface area (Å²) in [5.74, 6) is -1.08. The number of nitrogens with two attached hydrogens (primary N) is 1. The minimum atomic E-state index is -1.26. The van der Waals surface area contributed by atoms with E-state index in [2.05, 4.69) is 31.3 Å². The van der Waals surface area contributed by atoms with Gasteiger partial charge in [-0.05, 0) is 77.7 Å². The van der Waals surface area contributed by atoms with E-state index in [9.17, 15) is 18.7 Å². The molecule has 2 fully saturated rings. The number of nitrogens with one attached hydrogen (secondary N) is 1. The first-order valence-electron chi connectivity index (χ1n) is 11.2. The molecule has 2 saturated carbocycles. The molecule has 2 unspecified atom stereocenters. The van der Waals surface area contributed by atoms with Crippen molar-refractivity contribution in [2.24, 2.45) is 18.9 Å². The Balaban J connectivity index is 1.36. The number of anilines is 2. The molecule has 4 N–H and O–H groups in total. The van der Waals surface area contributed by atoms with Crippen molar-refractivity contribution in [1.82, 2.24) is 14.8 Å². The van der Waals surface area contributed by atoms with Gasteiger partial charge < -0.3 is 16.2 Å². The zero-order valence-corrected chi connectivity index (χ0v) is 21.1. The fourth-order valence-electron chi connectivity index (χ4n) is 5.72. The third kappa shape index (κ3) is 4.32. The first kappa shape index (κ1) is 24.1. The number of carbonyl (C=O) groups is 1. The van der Waals surface area contributed by atoms with Gasteiger partial charge in [-0.15, -0.1) is 0 Å². The second-order valence-corrected chi connectivity index (χ2v) is 10.7. The maximum atomic E-state index is 14.5. The van der Waals surface area contributed by atoms with Crippen LogP contribution in [-0.2, 0) is 12.6 Å². The van der Waals surface area contributed by atoms with E-state index in [0.717, 1.165) is 6.20 Å². The highest BCUT2D eigenvalue weighted by Gasteiger charge is 2.51. The topological polar surface area (TPSA) is 106 Å².